The van der Waals surface area contributed by atoms with E-state index in [2.05, 4.69) is 9.97 Å². The lowest BCUT2D eigenvalue weighted by molar-refractivity contribution is -0.125. The van der Waals surface area contributed by atoms with E-state index in [1.807, 2.05) is 4.90 Å². The number of hydrogen-bond donors (Lipinski definition) is 0. The summed E-state index contributed by atoms with van der Waals surface area (Å²) in [5, 5.41) is 0. The third-order valence-electron chi connectivity index (χ3n) is 4.73. The van der Waals surface area contributed by atoms with Crippen LogP contribution in [0.3, 0.4) is 0 Å². The third-order valence-corrected chi connectivity index (χ3v) is 4.73. The molecule has 0 unspecified atom stereocenters. The van der Waals surface area contributed by atoms with Crippen molar-refractivity contribution >= 4 is 17.9 Å². The Balaban J connectivity index is 1.39. The van der Waals surface area contributed by atoms with E-state index in [9.17, 15) is 14.0 Å². The van der Waals surface area contributed by atoms with Crippen LogP contribution in [0.4, 0.5) is 15.1 Å². The second-order valence-electron chi connectivity index (χ2n) is 6.32. The summed E-state index contributed by atoms with van der Waals surface area (Å²) in [6.45, 7) is 1.59. The molecule has 1 saturated carbocycles. The van der Waals surface area contributed by atoms with Gasteiger partial charge in [0, 0.05) is 25.2 Å². The number of piperidine rings is 1. The van der Waals surface area contributed by atoms with Crippen LogP contribution in [0.5, 0.6) is 0 Å². The summed E-state index contributed by atoms with van der Waals surface area (Å²) in [6, 6.07) is 0.0774. The molecule has 122 valence electrons. The normalized spacial score (nSPS) is 23.1. The molecule has 4 rings (SSSR count). The average Bonchev–Trinajstić information content (AvgIpc) is 3.34. The molecule has 7 nitrogen and oxygen atoms in total. The van der Waals surface area contributed by atoms with Gasteiger partial charge in [0.25, 0.3) is 5.91 Å². The summed E-state index contributed by atoms with van der Waals surface area (Å²) in [7, 11) is 0. The molecule has 8 heteroatoms. The molecule has 0 N–H and O–H groups in total. The Kier molecular flexibility index (Phi) is 3.39. The quantitative estimate of drug-likeness (QED) is 0.778. The molecular formula is C15H18FN5O2. The van der Waals surface area contributed by atoms with E-state index in [0.29, 0.717) is 19.0 Å². The Labute approximate surface area is 133 Å². The summed E-state index contributed by atoms with van der Waals surface area (Å²) >= 11 is 0. The Morgan fingerprint density at radius 1 is 1.00 bits per heavy atom. The van der Waals surface area contributed by atoms with Gasteiger partial charge in [-0.3, -0.25) is 9.69 Å². The van der Waals surface area contributed by atoms with Crippen LogP contribution >= 0.6 is 0 Å². The average molecular weight is 319 g/mol. The van der Waals surface area contributed by atoms with Crippen molar-refractivity contribution in [1.29, 1.82) is 0 Å². The van der Waals surface area contributed by atoms with Gasteiger partial charge in [0.2, 0.25) is 5.95 Å². The van der Waals surface area contributed by atoms with E-state index in [4.69, 9.17) is 0 Å². The van der Waals surface area contributed by atoms with E-state index in [-0.39, 0.29) is 30.6 Å². The minimum atomic E-state index is -0.454. The van der Waals surface area contributed by atoms with Crippen LogP contribution in [0.1, 0.15) is 25.7 Å². The Bertz CT molecular complexity index is 625. The standard InChI is InChI=1S/C15H18FN5O2/c16-10-7-17-14(18-8-10)19-5-3-11(4-6-19)20-9-13(22)21(15(20)23)12-1-2-12/h7-8,11-12H,1-6,9H2. The fraction of sp³-hybridized carbons (Fsp3) is 0.600. The Morgan fingerprint density at radius 2 is 1.65 bits per heavy atom. The van der Waals surface area contributed by atoms with Gasteiger partial charge in [0.05, 0.1) is 12.4 Å². The van der Waals surface area contributed by atoms with Gasteiger partial charge < -0.3 is 9.80 Å². The van der Waals surface area contributed by atoms with Gasteiger partial charge in [-0.15, -0.1) is 0 Å². The highest BCUT2D eigenvalue weighted by molar-refractivity contribution is 6.02. The predicted octanol–water partition coefficient (Wildman–Crippen LogP) is 1.01. The van der Waals surface area contributed by atoms with Gasteiger partial charge in [-0.05, 0) is 25.7 Å². The first-order valence-electron chi connectivity index (χ1n) is 7.98. The summed E-state index contributed by atoms with van der Waals surface area (Å²) < 4.78 is 12.9. The molecule has 2 saturated heterocycles. The van der Waals surface area contributed by atoms with Crippen molar-refractivity contribution in [2.75, 3.05) is 24.5 Å². The number of anilines is 1. The summed E-state index contributed by atoms with van der Waals surface area (Å²) in [6.07, 6.45) is 5.71. The second-order valence-corrected chi connectivity index (χ2v) is 6.32. The van der Waals surface area contributed by atoms with E-state index >= 15 is 0 Å². The minimum Gasteiger partial charge on any atom is -0.341 e. The molecule has 1 aromatic rings. The van der Waals surface area contributed by atoms with Crippen LogP contribution in [0, 0.1) is 5.82 Å². The van der Waals surface area contributed by atoms with Crippen LogP contribution in [0.2, 0.25) is 0 Å². The van der Waals surface area contributed by atoms with Gasteiger partial charge in [0.1, 0.15) is 6.54 Å². The molecule has 0 atom stereocenters. The maximum absolute atomic E-state index is 12.9. The molecule has 2 aliphatic heterocycles. The molecular weight excluding hydrogens is 301 g/mol. The number of carbonyl (C=O) groups is 2. The number of nitrogens with zero attached hydrogens (tertiary/aromatic N) is 5. The van der Waals surface area contributed by atoms with Gasteiger partial charge >= 0.3 is 6.03 Å². The van der Waals surface area contributed by atoms with E-state index in [0.717, 1.165) is 38.1 Å². The Hall–Kier alpha value is -2.25. The van der Waals surface area contributed by atoms with Crippen molar-refractivity contribution in [1.82, 2.24) is 19.8 Å². The minimum absolute atomic E-state index is 0.0678. The molecule has 3 aliphatic rings. The highest BCUT2D eigenvalue weighted by Crippen LogP contribution is 2.32. The summed E-state index contributed by atoms with van der Waals surface area (Å²) in [5.41, 5.74) is 0. The fourth-order valence-electron chi connectivity index (χ4n) is 3.36. The van der Waals surface area contributed by atoms with Crippen molar-refractivity contribution in [2.24, 2.45) is 0 Å². The predicted molar refractivity (Wildman–Crippen MR) is 79.2 cm³/mol. The highest BCUT2D eigenvalue weighted by atomic mass is 19.1. The highest BCUT2D eigenvalue weighted by Gasteiger charge is 2.47. The van der Waals surface area contributed by atoms with Gasteiger partial charge in [-0.1, -0.05) is 0 Å². The molecule has 1 aromatic heterocycles. The molecule has 0 spiro atoms. The van der Waals surface area contributed by atoms with Crippen molar-refractivity contribution in [3.8, 4) is 0 Å². The lowest BCUT2D eigenvalue weighted by atomic mass is 10.0. The largest absolute Gasteiger partial charge is 0.341 e. The number of carbonyl (C=O) groups excluding carboxylic acids is 2. The molecule has 3 fully saturated rings. The lowest BCUT2D eigenvalue weighted by Crippen LogP contribution is -2.47. The van der Waals surface area contributed by atoms with Crippen LogP contribution in [0.25, 0.3) is 0 Å². The molecule has 3 amide bonds. The summed E-state index contributed by atoms with van der Waals surface area (Å²) in [5.74, 6) is -0.0138. The van der Waals surface area contributed by atoms with Crippen LogP contribution in [0.15, 0.2) is 12.4 Å². The van der Waals surface area contributed by atoms with Crippen molar-refractivity contribution < 1.29 is 14.0 Å². The first-order valence-corrected chi connectivity index (χ1v) is 7.98. The molecule has 0 radical (unpaired) electrons. The number of rotatable bonds is 3. The van der Waals surface area contributed by atoms with Crippen LogP contribution in [-0.4, -0.2) is 63.4 Å². The third kappa shape index (κ3) is 2.62. The van der Waals surface area contributed by atoms with Gasteiger partial charge in [-0.25, -0.2) is 19.2 Å². The number of halogens is 1. The summed E-state index contributed by atoms with van der Waals surface area (Å²) in [4.78, 5) is 37.6. The molecule has 0 bridgehead atoms. The van der Waals surface area contributed by atoms with Crippen LogP contribution in [-0.2, 0) is 4.79 Å². The zero-order valence-corrected chi connectivity index (χ0v) is 12.7. The molecule has 23 heavy (non-hydrogen) atoms. The number of aromatic nitrogens is 2. The zero-order valence-electron chi connectivity index (χ0n) is 12.7. The maximum Gasteiger partial charge on any atom is 0.327 e. The van der Waals surface area contributed by atoms with Gasteiger partial charge in [-0.2, -0.15) is 0 Å². The Morgan fingerprint density at radius 3 is 2.26 bits per heavy atom. The second kappa shape index (κ2) is 5.43. The monoisotopic (exact) mass is 319 g/mol. The maximum atomic E-state index is 12.9. The zero-order chi connectivity index (χ0) is 16.0. The number of amides is 3. The van der Waals surface area contributed by atoms with Crippen molar-refractivity contribution in [2.45, 2.75) is 37.8 Å². The fourth-order valence-corrected chi connectivity index (χ4v) is 3.36. The lowest BCUT2D eigenvalue weighted by Gasteiger charge is -2.36. The molecule has 0 aromatic carbocycles. The van der Waals surface area contributed by atoms with Crippen LogP contribution < -0.4 is 4.90 Å². The van der Waals surface area contributed by atoms with E-state index in [1.54, 1.807) is 4.90 Å². The number of imide groups is 1. The smallest absolute Gasteiger partial charge is 0.327 e. The first-order chi connectivity index (χ1) is 11.1. The number of hydrogen-bond acceptors (Lipinski definition) is 5. The van der Waals surface area contributed by atoms with Gasteiger partial charge in [0.15, 0.2) is 5.82 Å². The first kappa shape index (κ1) is 14.3. The topological polar surface area (TPSA) is 69.6 Å². The van der Waals surface area contributed by atoms with E-state index in [1.165, 1.54) is 4.90 Å². The van der Waals surface area contributed by atoms with Crippen molar-refractivity contribution in [3.63, 3.8) is 0 Å². The van der Waals surface area contributed by atoms with E-state index < -0.39 is 5.82 Å². The SMILES string of the molecule is O=C1CN(C2CCN(c3ncc(F)cn3)CC2)C(=O)N1C1CC1. The van der Waals surface area contributed by atoms with Crippen molar-refractivity contribution in [3.05, 3.63) is 18.2 Å². The molecule has 1 aliphatic carbocycles. The molecule has 3 heterocycles. The number of urea groups is 1.